The molecule has 1 unspecified atom stereocenters. The van der Waals surface area contributed by atoms with Crippen molar-refractivity contribution in [2.75, 3.05) is 18.5 Å². The predicted octanol–water partition coefficient (Wildman–Crippen LogP) is 1.25. The Morgan fingerprint density at radius 1 is 1.29 bits per heavy atom. The average molecular weight is 293 g/mol. The molecule has 0 aromatic heterocycles. The van der Waals surface area contributed by atoms with Crippen LogP contribution in [0.1, 0.15) is 26.2 Å². The van der Waals surface area contributed by atoms with Gasteiger partial charge in [0, 0.05) is 12.2 Å². The van der Waals surface area contributed by atoms with E-state index in [0.29, 0.717) is 18.0 Å². The number of amides is 2. The van der Waals surface area contributed by atoms with Crippen LogP contribution in [0.3, 0.4) is 0 Å². The highest BCUT2D eigenvalue weighted by Crippen LogP contribution is 2.17. The van der Waals surface area contributed by atoms with Crippen molar-refractivity contribution < 1.29 is 14.3 Å². The summed E-state index contributed by atoms with van der Waals surface area (Å²) in [6.45, 7) is 2.61. The highest BCUT2D eigenvalue weighted by atomic mass is 16.5. The minimum atomic E-state index is -0.400. The summed E-state index contributed by atoms with van der Waals surface area (Å²) in [6.07, 6.45) is 1.87. The first-order valence-corrected chi connectivity index (χ1v) is 7.09. The molecule has 0 bridgehead atoms. The zero-order valence-electron chi connectivity index (χ0n) is 12.3. The molecule has 116 valence electrons. The Labute approximate surface area is 124 Å². The van der Waals surface area contributed by atoms with Gasteiger partial charge < -0.3 is 21.5 Å². The van der Waals surface area contributed by atoms with E-state index in [9.17, 15) is 9.59 Å². The summed E-state index contributed by atoms with van der Waals surface area (Å²) in [5.41, 5.74) is 11.3. The maximum absolute atomic E-state index is 12.0. The van der Waals surface area contributed by atoms with Gasteiger partial charge in [-0.05, 0) is 30.7 Å². The van der Waals surface area contributed by atoms with Crippen LogP contribution >= 0.6 is 0 Å². The molecule has 1 aromatic rings. The molecule has 5 N–H and O–H groups in total. The van der Waals surface area contributed by atoms with Crippen molar-refractivity contribution in [3.8, 4) is 5.75 Å². The van der Waals surface area contributed by atoms with Gasteiger partial charge in [-0.1, -0.05) is 13.3 Å². The summed E-state index contributed by atoms with van der Waals surface area (Å²) in [5.74, 6) is -0.0101. The lowest BCUT2D eigenvalue weighted by Crippen LogP contribution is -2.29. The molecule has 6 nitrogen and oxygen atoms in total. The number of anilines is 1. The van der Waals surface area contributed by atoms with Crippen LogP contribution in [0, 0.1) is 5.92 Å². The molecule has 6 heteroatoms. The summed E-state index contributed by atoms with van der Waals surface area (Å²) in [6, 6.07) is 6.95. The fraction of sp³-hybridized carbons (Fsp3) is 0.467. The van der Waals surface area contributed by atoms with E-state index in [4.69, 9.17) is 16.2 Å². The van der Waals surface area contributed by atoms with E-state index < -0.39 is 5.91 Å². The first-order chi connectivity index (χ1) is 10.1. The number of hydrogen-bond donors (Lipinski definition) is 3. The highest BCUT2D eigenvalue weighted by molar-refractivity contribution is 5.92. The van der Waals surface area contributed by atoms with Crippen molar-refractivity contribution in [1.29, 1.82) is 0 Å². The number of nitrogens with one attached hydrogen (secondary N) is 1. The molecular formula is C15H23N3O3. The molecule has 21 heavy (non-hydrogen) atoms. The monoisotopic (exact) mass is 293 g/mol. The van der Waals surface area contributed by atoms with Crippen LogP contribution in [-0.4, -0.2) is 25.0 Å². The molecule has 0 aliphatic rings. The third kappa shape index (κ3) is 6.27. The number of benzene rings is 1. The Kier molecular flexibility index (Phi) is 7.25. The largest absolute Gasteiger partial charge is 0.493 e. The minimum absolute atomic E-state index is 0.0678. The fourth-order valence-corrected chi connectivity index (χ4v) is 1.85. The molecule has 0 heterocycles. The van der Waals surface area contributed by atoms with Crippen LogP contribution < -0.4 is 21.5 Å². The quantitative estimate of drug-likeness (QED) is 0.637. The summed E-state index contributed by atoms with van der Waals surface area (Å²) in [7, 11) is 0. The van der Waals surface area contributed by atoms with Crippen LogP contribution in [0.15, 0.2) is 24.3 Å². The Bertz CT molecular complexity index is 460. The van der Waals surface area contributed by atoms with Crippen molar-refractivity contribution in [2.45, 2.75) is 26.2 Å². The first-order valence-electron chi connectivity index (χ1n) is 7.09. The second kappa shape index (κ2) is 8.97. The van der Waals surface area contributed by atoms with Crippen molar-refractivity contribution >= 4 is 17.5 Å². The Hall–Kier alpha value is -2.08. The van der Waals surface area contributed by atoms with Crippen molar-refractivity contribution in [3.05, 3.63) is 24.3 Å². The van der Waals surface area contributed by atoms with Crippen molar-refractivity contribution in [3.63, 3.8) is 0 Å². The lowest BCUT2D eigenvalue weighted by atomic mass is 10.0. The molecule has 0 saturated carbocycles. The summed E-state index contributed by atoms with van der Waals surface area (Å²) < 4.78 is 5.35. The van der Waals surface area contributed by atoms with E-state index in [0.717, 1.165) is 12.8 Å². The average Bonchev–Trinajstić information content (AvgIpc) is 2.46. The van der Waals surface area contributed by atoms with Crippen LogP contribution in [0.25, 0.3) is 0 Å². The van der Waals surface area contributed by atoms with Crippen LogP contribution in [0.2, 0.25) is 0 Å². The topological polar surface area (TPSA) is 107 Å². The van der Waals surface area contributed by atoms with E-state index in [1.165, 1.54) is 0 Å². The molecular weight excluding hydrogens is 270 g/mol. The number of carbonyl (C=O) groups is 2. The zero-order valence-corrected chi connectivity index (χ0v) is 12.3. The van der Waals surface area contributed by atoms with E-state index in [1.54, 1.807) is 24.3 Å². The molecule has 1 atom stereocenters. The van der Waals surface area contributed by atoms with Gasteiger partial charge in [0.1, 0.15) is 5.75 Å². The number of hydrogen-bond acceptors (Lipinski definition) is 4. The highest BCUT2D eigenvalue weighted by Gasteiger charge is 2.15. The molecule has 0 aliphatic carbocycles. The maximum atomic E-state index is 12.0. The van der Waals surface area contributed by atoms with Gasteiger partial charge in [0.25, 0.3) is 0 Å². The number of ether oxygens (including phenoxy) is 1. The third-order valence-electron chi connectivity index (χ3n) is 3.03. The minimum Gasteiger partial charge on any atom is -0.493 e. The van der Waals surface area contributed by atoms with E-state index in [1.807, 2.05) is 6.92 Å². The van der Waals surface area contributed by atoms with Crippen LogP contribution in [0.4, 0.5) is 5.69 Å². The van der Waals surface area contributed by atoms with E-state index in [-0.39, 0.29) is 24.9 Å². The Balaban J connectivity index is 2.50. The lowest BCUT2D eigenvalue weighted by molar-refractivity contribution is -0.120. The predicted molar refractivity (Wildman–Crippen MR) is 81.8 cm³/mol. The van der Waals surface area contributed by atoms with Crippen molar-refractivity contribution in [1.82, 2.24) is 0 Å². The number of carbonyl (C=O) groups excluding carboxylic acids is 2. The lowest BCUT2D eigenvalue weighted by Gasteiger charge is -2.14. The summed E-state index contributed by atoms with van der Waals surface area (Å²) in [5, 5.41) is 2.83. The van der Waals surface area contributed by atoms with E-state index in [2.05, 4.69) is 5.32 Å². The summed E-state index contributed by atoms with van der Waals surface area (Å²) in [4.78, 5) is 22.6. The molecule has 0 fully saturated rings. The summed E-state index contributed by atoms with van der Waals surface area (Å²) >= 11 is 0. The first kappa shape index (κ1) is 17.0. The Morgan fingerprint density at radius 3 is 2.48 bits per heavy atom. The second-order valence-corrected chi connectivity index (χ2v) is 4.80. The molecule has 0 radical (unpaired) electrons. The maximum Gasteiger partial charge on any atom is 0.228 e. The fourth-order valence-electron chi connectivity index (χ4n) is 1.85. The number of primary amides is 1. The molecule has 2 amide bonds. The second-order valence-electron chi connectivity index (χ2n) is 4.80. The van der Waals surface area contributed by atoms with Crippen LogP contribution in [-0.2, 0) is 9.59 Å². The zero-order chi connectivity index (χ0) is 15.7. The van der Waals surface area contributed by atoms with E-state index >= 15 is 0 Å². The van der Waals surface area contributed by atoms with Gasteiger partial charge in [-0.3, -0.25) is 9.59 Å². The third-order valence-corrected chi connectivity index (χ3v) is 3.03. The SMILES string of the molecule is CCCC(CN)C(=O)Nc1ccc(OCCC(N)=O)cc1. The standard InChI is InChI=1S/C15H23N3O3/c1-2-3-11(10-16)15(20)18-12-4-6-13(7-5-12)21-9-8-14(17)19/h4-7,11H,2-3,8-10,16H2,1H3,(H2,17,19)(H,18,20). The normalized spacial score (nSPS) is 11.7. The van der Waals surface area contributed by atoms with Gasteiger partial charge in [-0.2, -0.15) is 0 Å². The van der Waals surface area contributed by atoms with Gasteiger partial charge in [0.15, 0.2) is 0 Å². The van der Waals surface area contributed by atoms with Crippen molar-refractivity contribution in [2.24, 2.45) is 17.4 Å². The molecule has 1 rings (SSSR count). The van der Waals surface area contributed by atoms with Gasteiger partial charge in [0.2, 0.25) is 11.8 Å². The van der Waals surface area contributed by atoms with Gasteiger partial charge in [0.05, 0.1) is 18.9 Å². The number of nitrogens with two attached hydrogens (primary N) is 2. The van der Waals surface area contributed by atoms with Gasteiger partial charge in [-0.15, -0.1) is 0 Å². The van der Waals surface area contributed by atoms with Gasteiger partial charge >= 0.3 is 0 Å². The molecule has 0 saturated heterocycles. The molecule has 1 aromatic carbocycles. The number of rotatable bonds is 9. The molecule has 0 spiro atoms. The Morgan fingerprint density at radius 2 is 1.95 bits per heavy atom. The molecule has 0 aliphatic heterocycles. The van der Waals surface area contributed by atoms with Crippen LogP contribution in [0.5, 0.6) is 5.75 Å². The van der Waals surface area contributed by atoms with Gasteiger partial charge in [-0.25, -0.2) is 0 Å². The smallest absolute Gasteiger partial charge is 0.228 e.